The van der Waals surface area contributed by atoms with Gasteiger partial charge in [-0.15, -0.1) is 0 Å². The van der Waals surface area contributed by atoms with Crippen LogP contribution in [0.25, 0.3) is 0 Å². The number of sulfonamides is 1. The number of benzene rings is 3. The fourth-order valence-electron chi connectivity index (χ4n) is 3.98. The summed E-state index contributed by atoms with van der Waals surface area (Å²) in [5.74, 6) is -1.00. The third-order valence-corrected chi connectivity index (χ3v) is 8.81. The van der Waals surface area contributed by atoms with Gasteiger partial charge in [0, 0.05) is 29.2 Å². The van der Waals surface area contributed by atoms with Gasteiger partial charge in [0.2, 0.25) is 11.8 Å². The van der Waals surface area contributed by atoms with Crippen LogP contribution >= 0.6 is 23.2 Å². The maximum Gasteiger partial charge on any atom is 0.264 e. The first kappa shape index (κ1) is 29.5. The first-order valence-electron chi connectivity index (χ1n) is 12.0. The van der Waals surface area contributed by atoms with E-state index in [-0.39, 0.29) is 11.4 Å². The number of nitrogens with zero attached hydrogens (tertiary/aromatic N) is 2. The fourth-order valence-corrected chi connectivity index (χ4v) is 5.97. The minimum absolute atomic E-state index is 0.0526. The molecule has 0 aromatic heterocycles. The standard InChI is InChI=1S/C28H31Cl2N3O4S/c1-18-10-13-22(14-11-18)38(36,37)33(26-15-19(2)9-12-20(26)3)17-27(34)32(21(4)28(35)31-5)16-23-24(29)7-6-8-25(23)30/h6-15,21H,16-17H2,1-5H3,(H,31,35)/t21-/m1/s1. The molecule has 1 atom stereocenters. The summed E-state index contributed by atoms with van der Waals surface area (Å²) in [7, 11) is -2.68. The number of rotatable bonds is 9. The van der Waals surface area contributed by atoms with E-state index in [1.807, 2.05) is 19.9 Å². The van der Waals surface area contributed by atoms with Crippen LogP contribution in [-0.2, 0) is 26.2 Å². The highest BCUT2D eigenvalue weighted by Crippen LogP contribution is 2.30. The Balaban J connectivity index is 2.11. The average Bonchev–Trinajstić information content (AvgIpc) is 2.87. The molecule has 0 radical (unpaired) electrons. The molecule has 10 heteroatoms. The van der Waals surface area contributed by atoms with E-state index in [1.165, 1.54) is 24.1 Å². The van der Waals surface area contributed by atoms with E-state index in [0.717, 1.165) is 15.4 Å². The highest BCUT2D eigenvalue weighted by molar-refractivity contribution is 7.92. The third-order valence-electron chi connectivity index (χ3n) is 6.33. The van der Waals surface area contributed by atoms with Crippen LogP contribution in [0.5, 0.6) is 0 Å². The number of hydrogen-bond acceptors (Lipinski definition) is 4. The van der Waals surface area contributed by atoms with Gasteiger partial charge in [-0.05, 0) is 69.2 Å². The van der Waals surface area contributed by atoms with Gasteiger partial charge in [-0.2, -0.15) is 0 Å². The second-order valence-electron chi connectivity index (χ2n) is 9.13. The van der Waals surface area contributed by atoms with Crippen molar-refractivity contribution in [3.8, 4) is 0 Å². The van der Waals surface area contributed by atoms with Crippen LogP contribution in [0.1, 0.15) is 29.2 Å². The number of carbonyl (C=O) groups excluding carboxylic acids is 2. The lowest BCUT2D eigenvalue weighted by Gasteiger charge is -2.32. The molecule has 0 unspecified atom stereocenters. The molecule has 0 saturated carbocycles. The van der Waals surface area contributed by atoms with Crippen molar-refractivity contribution in [1.29, 1.82) is 0 Å². The summed E-state index contributed by atoms with van der Waals surface area (Å²) < 4.78 is 28.9. The van der Waals surface area contributed by atoms with Crippen molar-refractivity contribution >= 4 is 50.7 Å². The van der Waals surface area contributed by atoms with Crippen molar-refractivity contribution in [1.82, 2.24) is 10.2 Å². The summed E-state index contributed by atoms with van der Waals surface area (Å²) >= 11 is 12.7. The number of hydrogen-bond donors (Lipinski definition) is 1. The predicted octanol–water partition coefficient (Wildman–Crippen LogP) is 5.28. The highest BCUT2D eigenvalue weighted by atomic mass is 35.5. The van der Waals surface area contributed by atoms with Crippen LogP contribution < -0.4 is 9.62 Å². The monoisotopic (exact) mass is 575 g/mol. The lowest BCUT2D eigenvalue weighted by molar-refractivity contribution is -0.139. The topological polar surface area (TPSA) is 86.8 Å². The minimum Gasteiger partial charge on any atom is -0.357 e. The van der Waals surface area contributed by atoms with Crippen molar-refractivity contribution in [3.05, 3.63) is 93.0 Å². The number of likely N-dealkylation sites (N-methyl/N-ethyl adjacent to an activating group) is 1. The van der Waals surface area contributed by atoms with E-state index in [0.29, 0.717) is 26.9 Å². The van der Waals surface area contributed by atoms with Crippen molar-refractivity contribution < 1.29 is 18.0 Å². The van der Waals surface area contributed by atoms with Gasteiger partial charge in [-0.3, -0.25) is 13.9 Å². The second kappa shape index (κ2) is 12.2. The fraction of sp³-hybridized carbons (Fsp3) is 0.286. The molecule has 3 rings (SSSR count). The summed E-state index contributed by atoms with van der Waals surface area (Å²) in [6.45, 7) is 6.44. The van der Waals surface area contributed by atoms with Gasteiger partial charge in [0.05, 0.1) is 10.6 Å². The minimum atomic E-state index is -4.15. The third kappa shape index (κ3) is 6.49. The van der Waals surface area contributed by atoms with Gasteiger partial charge in [0.1, 0.15) is 12.6 Å². The molecule has 0 saturated heterocycles. The molecule has 0 spiro atoms. The lowest BCUT2D eigenvalue weighted by Crippen LogP contribution is -2.50. The Kier molecular flexibility index (Phi) is 9.46. The summed E-state index contributed by atoms with van der Waals surface area (Å²) in [5.41, 5.74) is 3.25. The van der Waals surface area contributed by atoms with Crippen LogP contribution in [0.2, 0.25) is 10.0 Å². The van der Waals surface area contributed by atoms with Gasteiger partial charge in [0.15, 0.2) is 0 Å². The largest absolute Gasteiger partial charge is 0.357 e. The number of anilines is 1. The normalized spacial score (nSPS) is 12.1. The zero-order chi connectivity index (χ0) is 28.2. The maximum atomic E-state index is 13.9. The van der Waals surface area contributed by atoms with Crippen LogP contribution in [0.4, 0.5) is 5.69 Å². The number of halogens is 2. The Labute approximate surface area is 234 Å². The zero-order valence-electron chi connectivity index (χ0n) is 22.0. The summed E-state index contributed by atoms with van der Waals surface area (Å²) in [4.78, 5) is 27.9. The van der Waals surface area contributed by atoms with Crippen molar-refractivity contribution in [3.63, 3.8) is 0 Å². The second-order valence-corrected chi connectivity index (χ2v) is 11.8. The number of amides is 2. The van der Waals surface area contributed by atoms with Crippen molar-refractivity contribution in [2.75, 3.05) is 17.9 Å². The van der Waals surface area contributed by atoms with Crippen LogP contribution in [0, 0.1) is 20.8 Å². The van der Waals surface area contributed by atoms with E-state index in [2.05, 4.69) is 5.32 Å². The summed E-state index contributed by atoms with van der Waals surface area (Å²) in [5, 5.41) is 3.21. The Morgan fingerprint density at radius 3 is 2.08 bits per heavy atom. The summed E-state index contributed by atoms with van der Waals surface area (Å²) in [6, 6.07) is 15.9. The SMILES string of the molecule is CNC(=O)[C@@H](C)N(Cc1c(Cl)cccc1Cl)C(=O)CN(c1cc(C)ccc1C)S(=O)(=O)c1ccc(C)cc1. The highest BCUT2D eigenvalue weighted by Gasteiger charge is 2.33. The number of aryl methyl sites for hydroxylation is 3. The Morgan fingerprint density at radius 1 is 0.921 bits per heavy atom. The smallest absolute Gasteiger partial charge is 0.264 e. The molecule has 0 bridgehead atoms. The Bertz CT molecular complexity index is 1420. The molecule has 7 nitrogen and oxygen atoms in total. The van der Waals surface area contributed by atoms with E-state index >= 15 is 0 Å². The number of nitrogens with one attached hydrogen (secondary N) is 1. The van der Waals surface area contributed by atoms with Gasteiger partial charge in [-0.1, -0.05) is 59.1 Å². The van der Waals surface area contributed by atoms with Gasteiger partial charge < -0.3 is 10.2 Å². The molecule has 0 aliphatic carbocycles. The summed E-state index contributed by atoms with van der Waals surface area (Å²) in [6.07, 6.45) is 0. The van der Waals surface area contributed by atoms with E-state index < -0.39 is 34.4 Å². The van der Waals surface area contributed by atoms with Crippen LogP contribution in [0.3, 0.4) is 0 Å². The molecule has 0 aliphatic heterocycles. The van der Waals surface area contributed by atoms with E-state index in [4.69, 9.17) is 23.2 Å². The molecule has 2 amide bonds. The van der Waals surface area contributed by atoms with Crippen LogP contribution in [-0.4, -0.2) is 44.8 Å². The molecule has 0 fully saturated rings. The van der Waals surface area contributed by atoms with Gasteiger partial charge in [0.25, 0.3) is 10.0 Å². The first-order chi connectivity index (χ1) is 17.9. The van der Waals surface area contributed by atoms with Crippen molar-refractivity contribution in [2.24, 2.45) is 0 Å². The van der Waals surface area contributed by atoms with Crippen molar-refractivity contribution in [2.45, 2.75) is 45.2 Å². The molecule has 0 heterocycles. The molecule has 3 aromatic rings. The van der Waals surface area contributed by atoms with Crippen LogP contribution in [0.15, 0.2) is 65.6 Å². The van der Waals surface area contributed by atoms with Gasteiger partial charge in [-0.25, -0.2) is 8.42 Å². The average molecular weight is 577 g/mol. The molecule has 0 aliphatic rings. The van der Waals surface area contributed by atoms with Gasteiger partial charge >= 0.3 is 0 Å². The van der Waals surface area contributed by atoms with E-state index in [9.17, 15) is 18.0 Å². The Hall–Kier alpha value is -3.07. The predicted molar refractivity (Wildman–Crippen MR) is 152 cm³/mol. The molecule has 3 aromatic carbocycles. The quantitative estimate of drug-likeness (QED) is 0.376. The molecular formula is C28H31Cl2N3O4S. The molecule has 202 valence electrons. The first-order valence-corrected chi connectivity index (χ1v) is 14.2. The molecule has 1 N–H and O–H groups in total. The zero-order valence-corrected chi connectivity index (χ0v) is 24.3. The lowest BCUT2D eigenvalue weighted by atomic mass is 10.1. The van der Waals surface area contributed by atoms with E-state index in [1.54, 1.807) is 56.3 Å². The molecule has 38 heavy (non-hydrogen) atoms. The Morgan fingerprint density at radius 2 is 1.50 bits per heavy atom. The number of carbonyl (C=O) groups is 2. The molecular weight excluding hydrogens is 545 g/mol. The maximum absolute atomic E-state index is 13.9.